The number of carbonyl (C=O) groups excluding carboxylic acids is 1. The highest BCUT2D eigenvalue weighted by Crippen LogP contribution is 2.26. The van der Waals surface area contributed by atoms with Crippen LogP contribution < -0.4 is 0 Å². The molecule has 1 aromatic rings. The van der Waals surface area contributed by atoms with Crippen LogP contribution in [-0.2, 0) is 9.05 Å². The zero-order valence-corrected chi connectivity index (χ0v) is 9.71. The highest BCUT2D eigenvalue weighted by Gasteiger charge is 2.22. The lowest BCUT2D eigenvalue weighted by molar-refractivity contribution is -0.385. The van der Waals surface area contributed by atoms with Gasteiger partial charge in [0.1, 0.15) is 4.90 Å². The van der Waals surface area contributed by atoms with E-state index in [1.54, 1.807) is 0 Å². The summed E-state index contributed by atoms with van der Waals surface area (Å²) in [5, 5.41) is 9.35. The van der Waals surface area contributed by atoms with Crippen molar-refractivity contribution in [2.45, 2.75) is 4.90 Å². The molecule has 0 aliphatic heterocycles. The van der Waals surface area contributed by atoms with Crippen LogP contribution in [0.5, 0.6) is 0 Å². The highest BCUT2D eigenvalue weighted by molar-refractivity contribution is 8.13. The molecule has 0 atom stereocenters. The van der Waals surface area contributed by atoms with Crippen molar-refractivity contribution in [2.75, 3.05) is 0 Å². The van der Waals surface area contributed by atoms with Crippen LogP contribution >= 0.6 is 22.3 Å². The normalized spacial score (nSPS) is 11.1. The van der Waals surface area contributed by atoms with Crippen LogP contribution in [0.25, 0.3) is 0 Å². The standard InChI is InChI=1S/C7H3Cl2NO5S/c8-7(11)5-2-1-4(10(12)13)3-6(5)16(9,14)15/h1-3H. The van der Waals surface area contributed by atoms with Gasteiger partial charge < -0.3 is 0 Å². The molecule has 0 saturated heterocycles. The third-order valence-corrected chi connectivity index (χ3v) is 3.22. The second kappa shape index (κ2) is 4.36. The van der Waals surface area contributed by atoms with E-state index in [1.807, 2.05) is 0 Å². The molecule has 9 heteroatoms. The van der Waals surface area contributed by atoms with Crippen LogP contribution in [0.3, 0.4) is 0 Å². The molecule has 0 N–H and O–H groups in total. The smallest absolute Gasteiger partial charge is 0.270 e. The molecule has 0 amide bonds. The van der Waals surface area contributed by atoms with Gasteiger partial charge in [0.2, 0.25) is 0 Å². The van der Waals surface area contributed by atoms with E-state index in [4.69, 9.17) is 22.3 Å². The molecular formula is C7H3Cl2NO5S. The Morgan fingerprint density at radius 2 is 1.94 bits per heavy atom. The van der Waals surface area contributed by atoms with Crippen molar-refractivity contribution in [3.8, 4) is 0 Å². The first kappa shape index (κ1) is 12.9. The number of nitro groups is 1. The number of rotatable bonds is 3. The molecule has 0 heterocycles. The molecule has 0 aliphatic carbocycles. The molecule has 0 aliphatic rings. The number of hydrogen-bond donors (Lipinski definition) is 0. The van der Waals surface area contributed by atoms with E-state index in [9.17, 15) is 23.3 Å². The molecule has 0 radical (unpaired) electrons. The number of nitrogens with zero attached hydrogens (tertiary/aromatic N) is 1. The Balaban J connectivity index is 3.58. The van der Waals surface area contributed by atoms with Gasteiger partial charge in [-0.15, -0.1) is 0 Å². The zero-order chi connectivity index (χ0) is 12.5. The number of benzene rings is 1. The van der Waals surface area contributed by atoms with Gasteiger partial charge in [0.05, 0.1) is 10.5 Å². The van der Waals surface area contributed by atoms with E-state index in [0.717, 1.165) is 12.1 Å². The first-order chi connectivity index (χ1) is 7.23. The minimum Gasteiger partial charge on any atom is -0.276 e. The van der Waals surface area contributed by atoms with Crippen LogP contribution in [0.2, 0.25) is 0 Å². The van der Waals surface area contributed by atoms with E-state index < -0.39 is 35.4 Å². The van der Waals surface area contributed by atoms with E-state index in [1.165, 1.54) is 0 Å². The number of non-ortho nitro benzene ring substituents is 1. The Morgan fingerprint density at radius 3 is 2.31 bits per heavy atom. The van der Waals surface area contributed by atoms with E-state index in [2.05, 4.69) is 0 Å². The van der Waals surface area contributed by atoms with Gasteiger partial charge in [-0.1, -0.05) is 0 Å². The molecule has 86 valence electrons. The molecule has 1 aromatic carbocycles. The predicted octanol–water partition coefficient (Wildman–Crippen LogP) is 1.90. The van der Waals surface area contributed by atoms with Crippen LogP contribution in [0, 0.1) is 10.1 Å². The van der Waals surface area contributed by atoms with Gasteiger partial charge in [-0.05, 0) is 17.7 Å². The average molecular weight is 284 g/mol. The molecule has 6 nitrogen and oxygen atoms in total. The van der Waals surface area contributed by atoms with Gasteiger partial charge in [-0.2, -0.15) is 0 Å². The number of nitro benzene ring substituents is 1. The van der Waals surface area contributed by atoms with Crippen molar-refractivity contribution in [3.63, 3.8) is 0 Å². The number of carbonyl (C=O) groups is 1. The van der Waals surface area contributed by atoms with Gasteiger partial charge in [0, 0.05) is 22.8 Å². The minimum atomic E-state index is -4.27. The minimum absolute atomic E-state index is 0.401. The molecule has 0 unspecified atom stereocenters. The summed E-state index contributed by atoms with van der Waals surface area (Å²) in [7, 11) is 0.751. The molecule has 16 heavy (non-hydrogen) atoms. The maximum atomic E-state index is 11.1. The summed E-state index contributed by atoms with van der Waals surface area (Å²) in [4.78, 5) is 19.8. The van der Waals surface area contributed by atoms with Crippen molar-refractivity contribution >= 4 is 42.3 Å². The lowest BCUT2D eigenvalue weighted by atomic mass is 10.2. The molecule has 0 aromatic heterocycles. The molecule has 0 saturated carbocycles. The van der Waals surface area contributed by atoms with Crippen molar-refractivity contribution < 1.29 is 18.1 Å². The van der Waals surface area contributed by atoms with Gasteiger partial charge >= 0.3 is 0 Å². The van der Waals surface area contributed by atoms with Crippen molar-refractivity contribution in [1.82, 2.24) is 0 Å². The molecular weight excluding hydrogens is 281 g/mol. The third kappa shape index (κ3) is 2.69. The lowest BCUT2D eigenvalue weighted by Gasteiger charge is -2.01. The topological polar surface area (TPSA) is 94.3 Å². The highest BCUT2D eigenvalue weighted by atomic mass is 35.7. The first-order valence-electron chi connectivity index (χ1n) is 3.66. The van der Waals surface area contributed by atoms with E-state index >= 15 is 0 Å². The second-order valence-electron chi connectivity index (χ2n) is 2.65. The monoisotopic (exact) mass is 283 g/mol. The van der Waals surface area contributed by atoms with Crippen molar-refractivity contribution in [1.29, 1.82) is 0 Å². The fraction of sp³-hybridized carbons (Fsp3) is 0. The Labute approximate surface area is 99.3 Å². The predicted molar refractivity (Wildman–Crippen MR) is 56.3 cm³/mol. The van der Waals surface area contributed by atoms with E-state index in [0.29, 0.717) is 6.07 Å². The molecule has 0 fully saturated rings. The zero-order valence-electron chi connectivity index (χ0n) is 7.38. The summed E-state index contributed by atoms with van der Waals surface area (Å²) >= 11 is 5.11. The lowest BCUT2D eigenvalue weighted by Crippen LogP contribution is -2.02. The molecule has 1 rings (SSSR count). The second-order valence-corrected chi connectivity index (χ2v) is 5.53. The van der Waals surface area contributed by atoms with Gasteiger partial charge in [-0.3, -0.25) is 14.9 Å². The first-order valence-corrected chi connectivity index (χ1v) is 6.35. The number of hydrogen-bond acceptors (Lipinski definition) is 5. The summed E-state index contributed by atoms with van der Waals surface area (Å²) in [6.07, 6.45) is 0. The Morgan fingerprint density at radius 1 is 1.38 bits per heavy atom. The number of halogens is 2. The summed E-state index contributed by atoms with van der Waals surface area (Å²) in [5.41, 5.74) is -0.900. The maximum absolute atomic E-state index is 11.1. The van der Waals surface area contributed by atoms with Gasteiger partial charge in [0.25, 0.3) is 20.0 Å². The van der Waals surface area contributed by atoms with E-state index in [-0.39, 0.29) is 0 Å². The maximum Gasteiger partial charge on any atom is 0.270 e. The summed E-state index contributed by atoms with van der Waals surface area (Å²) in [5.74, 6) is 0. The Hall–Kier alpha value is -1.18. The van der Waals surface area contributed by atoms with Gasteiger partial charge in [0.15, 0.2) is 0 Å². The summed E-state index contributed by atoms with van der Waals surface area (Å²) in [6, 6.07) is 2.57. The quantitative estimate of drug-likeness (QED) is 0.480. The van der Waals surface area contributed by atoms with Crippen molar-refractivity contribution in [3.05, 3.63) is 33.9 Å². The van der Waals surface area contributed by atoms with Gasteiger partial charge in [-0.25, -0.2) is 8.42 Å². The summed E-state index contributed by atoms with van der Waals surface area (Å²) < 4.78 is 22.1. The summed E-state index contributed by atoms with van der Waals surface area (Å²) in [6.45, 7) is 0. The van der Waals surface area contributed by atoms with Crippen LogP contribution in [0.15, 0.2) is 23.1 Å². The van der Waals surface area contributed by atoms with Crippen LogP contribution in [-0.4, -0.2) is 18.6 Å². The average Bonchev–Trinajstić information content (AvgIpc) is 2.15. The Bertz CT molecular complexity index is 568. The third-order valence-electron chi connectivity index (χ3n) is 1.65. The van der Waals surface area contributed by atoms with Crippen LogP contribution in [0.4, 0.5) is 5.69 Å². The van der Waals surface area contributed by atoms with Crippen LogP contribution in [0.1, 0.15) is 10.4 Å². The molecule has 0 bridgehead atoms. The largest absolute Gasteiger partial charge is 0.276 e. The van der Waals surface area contributed by atoms with Crippen molar-refractivity contribution in [2.24, 2.45) is 0 Å². The SMILES string of the molecule is O=C(Cl)c1ccc([N+](=O)[O-])cc1S(=O)(=O)Cl. The Kier molecular flexibility index (Phi) is 3.51. The molecule has 0 spiro atoms. The fourth-order valence-electron chi connectivity index (χ4n) is 0.989. The fourth-order valence-corrected chi connectivity index (χ4v) is 2.28.